The van der Waals surface area contributed by atoms with E-state index in [4.69, 9.17) is 13.9 Å². The van der Waals surface area contributed by atoms with Gasteiger partial charge in [-0.15, -0.1) is 11.3 Å². The Morgan fingerprint density at radius 1 is 1.19 bits per heavy atom. The summed E-state index contributed by atoms with van der Waals surface area (Å²) in [5.74, 6) is 1.58. The van der Waals surface area contributed by atoms with Crippen molar-refractivity contribution in [1.82, 2.24) is 5.32 Å². The van der Waals surface area contributed by atoms with Gasteiger partial charge >= 0.3 is 6.03 Å². The van der Waals surface area contributed by atoms with E-state index < -0.39 is 11.6 Å². The summed E-state index contributed by atoms with van der Waals surface area (Å²) in [4.78, 5) is 12.9. The highest BCUT2D eigenvalue weighted by molar-refractivity contribution is 7.10. The number of urea groups is 1. The molecule has 0 spiro atoms. The average Bonchev–Trinajstić information content (AvgIpc) is 3.41. The van der Waals surface area contributed by atoms with E-state index in [-0.39, 0.29) is 13.3 Å². The predicted octanol–water partition coefficient (Wildman–Crippen LogP) is 3.13. The maximum absolute atomic E-state index is 12.3. The van der Waals surface area contributed by atoms with Crippen LogP contribution in [0.4, 0.5) is 10.5 Å². The molecule has 0 saturated carbocycles. The number of carbonyl (C=O) groups is 1. The molecule has 1 aromatic carbocycles. The van der Waals surface area contributed by atoms with Crippen LogP contribution in [0, 0.1) is 0 Å². The number of ether oxygens (including phenoxy) is 2. The largest absolute Gasteiger partial charge is 0.466 e. The van der Waals surface area contributed by atoms with E-state index in [1.165, 1.54) is 17.6 Å². The van der Waals surface area contributed by atoms with Gasteiger partial charge in [0.2, 0.25) is 6.79 Å². The standard InChI is InChI=1S/C18H16N2O5S/c21-17(20-12-5-6-13-14(9-12)25-11-24-13)19-10-18(22,15-3-1-7-23-15)16-4-2-8-26-16/h1-9,22H,10-11H2,(H2,19,20,21). The zero-order valence-corrected chi connectivity index (χ0v) is 14.4. The van der Waals surface area contributed by atoms with Crippen molar-refractivity contribution in [3.63, 3.8) is 0 Å². The first-order chi connectivity index (χ1) is 12.6. The van der Waals surface area contributed by atoms with Crippen LogP contribution in [0.5, 0.6) is 11.5 Å². The Morgan fingerprint density at radius 3 is 2.85 bits per heavy atom. The summed E-state index contributed by atoms with van der Waals surface area (Å²) in [6, 6.07) is 11.7. The zero-order valence-electron chi connectivity index (χ0n) is 13.6. The normalized spacial score (nSPS) is 14.7. The quantitative estimate of drug-likeness (QED) is 0.640. The molecule has 1 atom stereocenters. The zero-order chi connectivity index (χ0) is 18.0. The molecule has 3 heterocycles. The Morgan fingerprint density at radius 2 is 2.08 bits per heavy atom. The molecule has 1 aliphatic heterocycles. The summed E-state index contributed by atoms with van der Waals surface area (Å²) in [5, 5.41) is 18.4. The van der Waals surface area contributed by atoms with Gasteiger partial charge in [0.25, 0.3) is 0 Å². The fourth-order valence-electron chi connectivity index (χ4n) is 2.68. The second kappa shape index (κ2) is 6.74. The summed E-state index contributed by atoms with van der Waals surface area (Å²) in [5.41, 5.74) is -0.881. The first kappa shape index (κ1) is 16.5. The van der Waals surface area contributed by atoms with Crippen molar-refractivity contribution in [2.75, 3.05) is 18.7 Å². The number of anilines is 1. The summed E-state index contributed by atoms with van der Waals surface area (Å²) in [7, 11) is 0. The number of aliphatic hydroxyl groups is 1. The van der Waals surface area contributed by atoms with Crippen LogP contribution in [0.1, 0.15) is 10.6 Å². The lowest BCUT2D eigenvalue weighted by Gasteiger charge is -2.25. The summed E-state index contributed by atoms with van der Waals surface area (Å²) in [6.07, 6.45) is 1.49. The van der Waals surface area contributed by atoms with Crippen LogP contribution in [0.2, 0.25) is 0 Å². The van der Waals surface area contributed by atoms with Gasteiger partial charge in [0.15, 0.2) is 17.1 Å². The molecule has 1 unspecified atom stereocenters. The van der Waals surface area contributed by atoms with Gasteiger partial charge in [-0.05, 0) is 35.7 Å². The number of amides is 2. The van der Waals surface area contributed by atoms with E-state index in [1.807, 2.05) is 11.4 Å². The number of carbonyl (C=O) groups excluding carboxylic acids is 1. The molecule has 3 N–H and O–H groups in total. The average molecular weight is 372 g/mol. The van der Waals surface area contributed by atoms with Gasteiger partial charge in [-0.2, -0.15) is 0 Å². The number of benzene rings is 1. The number of rotatable bonds is 5. The number of thiophene rings is 1. The van der Waals surface area contributed by atoms with E-state index in [1.54, 1.807) is 36.4 Å². The van der Waals surface area contributed by atoms with Crippen molar-refractivity contribution < 1.29 is 23.8 Å². The SMILES string of the molecule is O=C(NCC(O)(c1ccco1)c1cccs1)Nc1ccc2c(c1)OCO2. The molecule has 3 aromatic rings. The first-order valence-corrected chi connectivity index (χ1v) is 8.78. The number of fused-ring (bicyclic) bond motifs is 1. The van der Waals surface area contributed by atoms with Crippen LogP contribution in [-0.2, 0) is 5.60 Å². The lowest BCUT2D eigenvalue weighted by molar-refractivity contribution is 0.0628. The molecule has 0 bridgehead atoms. The third-order valence-corrected chi connectivity index (χ3v) is 5.01. The molecule has 0 fully saturated rings. The van der Waals surface area contributed by atoms with Crippen LogP contribution >= 0.6 is 11.3 Å². The molecule has 8 heteroatoms. The molecule has 1 aliphatic rings. The molecule has 134 valence electrons. The van der Waals surface area contributed by atoms with Gasteiger partial charge in [0, 0.05) is 16.6 Å². The lowest BCUT2D eigenvalue weighted by atomic mass is 9.99. The minimum Gasteiger partial charge on any atom is -0.466 e. The summed E-state index contributed by atoms with van der Waals surface area (Å²) in [6.45, 7) is 0.124. The van der Waals surface area contributed by atoms with Crippen LogP contribution in [0.3, 0.4) is 0 Å². The van der Waals surface area contributed by atoms with E-state index >= 15 is 0 Å². The van der Waals surface area contributed by atoms with Crippen molar-refractivity contribution in [2.45, 2.75) is 5.60 Å². The van der Waals surface area contributed by atoms with E-state index in [9.17, 15) is 9.90 Å². The summed E-state index contributed by atoms with van der Waals surface area (Å²) < 4.78 is 15.9. The van der Waals surface area contributed by atoms with Crippen molar-refractivity contribution >= 4 is 23.1 Å². The van der Waals surface area contributed by atoms with E-state index in [0.717, 1.165) is 0 Å². The fraction of sp³-hybridized carbons (Fsp3) is 0.167. The molecule has 2 aromatic heterocycles. The Labute approximate surface area is 153 Å². The Balaban J connectivity index is 1.45. The minimum atomic E-state index is -1.44. The van der Waals surface area contributed by atoms with Gasteiger partial charge in [-0.3, -0.25) is 0 Å². The fourth-order valence-corrected chi connectivity index (χ4v) is 3.51. The van der Waals surface area contributed by atoms with Crippen LogP contribution in [0.15, 0.2) is 58.5 Å². The molecular formula is C18H16N2O5S. The first-order valence-electron chi connectivity index (χ1n) is 7.90. The lowest BCUT2D eigenvalue weighted by Crippen LogP contribution is -2.42. The van der Waals surface area contributed by atoms with Gasteiger partial charge < -0.3 is 29.6 Å². The Hall–Kier alpha value is -2.97. The minimum absolute atomic E-state index is 0.0442. The van der Waals surface area contributed by atoms with Gasteiger partial charge in [0.05, 0.1) is 12.8 Å². The van der Waals surface area contributed by atoms with Crippen LogP contribution in [-0.4, -0.2) is 24.5 Å². The highest BCUT2D eigenvalue weighted by Crippen LogP contribution is 2.34. The maximum atomic E-state index is 12.3. The Kier molecular flexibility index (Phi) is 4.27. The molecule has 7 nitrogen and oxygen atoms in total. The maximum Gasteiger partial charge on any atom is 0.319 e. The van der Waals surface area contributed by atoms with E-state index in [2.05, 4.69) is 10.6 Å². The molecular weight excluding hydrogens is 356 g/mol. The van der Waals surface area contributed by atoms with Crippen molar-refractivity contribution in [2.24, 2.45) is 0 Å². The van der Waals surface area contributed by atoms with Crippen LogP contribution < -0.4 is 20.1 Å². The molecule has 0 saturated heterocycles. The number of hydrogen-bond acceptors (Lipinski definition) is 6. The molecule has 4 rings (SSSR count). The second-order valence-electron chi connectivity index (χ2n) is 5.69. The van der Waals surface area contributed by atoms with Gasteiger partial charge in [-0.25, -0.2) is 4.79 Å². The number of hydrogen-bond donors (Lipinski definition) is 3. The third kappa shape index (κ3) is 3.12. The monoisotopic (exact) mass is 372 g/mol. The number of nitrogens with one attached hydrogen (secondary N) is 2. The van der Waals surface area contributed by atoms with Crippen molar-refractivity contribution in [1.29, 1.82) is 0 Å². The van der Waals surface area contributed by atoms with Gasteiger partial charge in [0.1, 0.15) is 5.76 Å². The molecule has 0 radical (unpaired) electrons. The topological polar surface area (TPSA) is 93.0 Å². The second-order valence-corrected chi connectivity index (χ2v) is 6.64. The Bertz CT molecular complexity index is 858. The summed E-state index contributed by atoms with van der Waals surface area (Å²) >= 11 is 1.39. The highest BCUT2D eigenvalue weighted by Gasteiger charge is 2.36. The van der Waals surface area contributed by atoms with Gasteiger partial charge in [-0.1, -0.05) is 6.07 Å². The highest BCUT2D eigenvalue weighted by atomic mass is 32.1. The molecule has 26 heavy (non-hydrogen) atoms. The smallest absolute Gasteiger partial charge is 0.319 e. The third-order valence-electron chi connectivity index (χ3n) is 3.99. The van der Waals surface area contributed by atoms with Crippen LogP contribution in [0.25, 0.3) is 0 Å². The molecule has 0 aliphatic carbocycles. The number of furan rings is 1. The molecule has 2 amide bonds. The predicted molar refractivity (Wildman–Crippen MR) is 95.6 cm³/mol. The van der Waals surface area contributed by atoms with Crippen molar-refractivity contribution in [3.05, 3.63) is 64.7 Å². The van der Waals surface area contributed by atoms with E-state index in [0.29, 0.717) is 27.8 Å². The van der Waals surface area contributed by atoms with Crippen molar-refractivity contribution in [3.8, 4) is 11.5 Å².